The van der Waals surface area contributed by atoms with Gasteiger partial charge in [-0.15, -0.1) is 0 Å². The monoisotopic (exact) mass is 216 g/mol. The molecule has 1 rings (SSSR count). The van der Waals surface area contributed by atoms with Crippen LogP contribution >= 0.6 is 0 Å². The first kappa shape index (κ1) is 12.4. The molecule has 0 aromatic heterocycles. The highest BCUT2D eigenvalue weighted by molar-refractivity contribution is 5.81. The summed E-state index contributed by atoms with van der Waals surface area (Å²) in [5.41, 5.74) is 5.75. The Morgan fingerprint density at radius 3 is 3.07 bits per heavy atom. The highest BCUT2D eigenvalue weighted by Crippen LogP contribution is 2.07. The van der Waals surface area contributed by atoms with Gasteiger partial charge in [-0.25, -0.2) is 0 Å². The Morgan fingerprint density at radius 1 is 1.73 bits per heavy atom. The van der Waals surface area contributed by atoms with Gasteiger partial charge in [-0.3, -0.25) is 4.79 Å². The molecular formula is C10H20N2O3. The molecule has 1 aliphatic heterocycles. The summed E-state index contributed by atoms with van der Waals surface area (Å²) in [4.78, 5) is 13.5. The Kier molecular flexibility index (Phi) is 5.01. The van der Waals surface area contributed by atoms with Crippen molar-refractivity contribution in [1.82, 2.24) is 4.90 Å². The van der Waals surface area contributed by atoms with E-state index in [1.54, 1.807) is 4.90 Å². The van der Waals surface area contributed by atoms with Crippen molar-refractivity contribution in [1.29, 1.82) is 0 Å². The molecule has 88 valence electrons. The van der Waals surface area contributed by atoms with E-state index in [1.807, 2.05) is 6.92 Å². The van der Waals surface area contributed by atoms with Gasteiger partial charge in [-0.2, -0.15) is 0 Å². The molecule has 0 aromatic rings. The van der Waals surface area contributed by atoms with E-state index in [2.05, 4.69) is 0 Å². The van der Waals surface area contributed by atoms with Gasteiger partial charge < -0.3 is 20.5 Å². The number of amides is 1. The minimum Gasteiger partial charge on any atom is -0.394 e. The molecule has 5 heteroatoms. The Bertz CT molecular complexity index is 211. The van der Waals surface area contributed by atoms with Crippen LogP contribution in [0.1, 0.15) is 19.8 Å². The SMILES string of the molecule is CCCC(N)C(=O)N1CCOC(CO)C1. The Labute approximate surface area is 90.2 Å². The van der Waals surface area contributed by atoms with Crippen molar-refractivity contribution in [3.8, 4) is 0 Å². The van der Waals surface area contributed by atoms with Crippen molar-refractivity contribution in [2.45, 2.75) is 31.9 Å². The van der Waals surface area contributed by atoms with E-state index in [4.69, 9.17) is 15.6 Å². The van der Waals surface area contributed by atoms with Crippen LogP contribution in [0.3, 0.4) is 0 Å². The van der Waals surface area contributed by atoms with Crippen LogP contribution in [-0.2, 0) is 9.53 Å². The number of morpholine rings is 1. The van der Waals surface area contributed by atoms with Crippen LogP contribution in [0.15, 0.2) is 0 Å². The van der Waals surface area contributed by atoms with Crippen molar-refractivity contribution in [3.63, 3.8) is 0 Å². The second kappa shape index (κ2) is 6.05. The molecule has 0 radical (unpaired) electrons. The standard InChI is InChI=1S/C10H20N2O3/c1-2-3-9(11)10(14)12-4-5-15-8(6-12)7-13/h8-9,13H,2-7,11H2,1H3. The number of carbonyl (C=O) groups is 1. The maximum atomic E-state index is 11.8. The molecule has 0 saturated carbocycles. The molecule has 15 heavy (non-hydrogen) atoms. The number of aliphatic hydroxyl groups is 1. The maximum Gasteiger partial charge on any atom is 0.239 e. The van der Waals surface area contributed by atoms with Crippen LogP contribution < -0.4 is 5.73 Å². The lowest BCUT2D eigenvalue weighted by atomic mass is 10.1. The first-order valence-corrected chi connectivity index (χ1v) is 5.45. The number of aliphatic hydroxyl groups excluding tert-OH is 1. The molecule has 0 aromatic carbocycles. The predicted octanol–water partition coefficient (Wildman–Crippen LogP) is -0.666. The summed E-state index contributed by atoms with van der Waals surface area (Å²) in [5, 5.41) is 8.94. The summed E-state index contributed by atoms with van der Waals surface area (Å²) in [6.07, 6.45) is 1.36. The van der Waals surface area contributed by atoms with Crippen molar-refractivity contribution in [3.05, 3.63) is 0 Å². The third-order valence-corrected chi connectivity index (χ3v) is 2.57. The van der Waals surface area contributed by atoms with Crippen LogP contribution in [0.25, 0.3) is 0 Å². The van der Waals surface area contributed by atoms with Crippen molar-refractivity contribution < 1.29 is 14.6 Å². The first-order chi connectivity index (χ1) is 7.19. The topological polar surface area (TPSA) is 75.8 Å². The Hall–Kier alpha value is -0.650. The molecule has 1 saturated heterocycles. The number of ether oxygens (including phenoxy) is 1. The van der Waals surface area contributed by atoms with E-state index in [1.165, 1.54) is 0 Å². The maximum absolute atomic E-state index is 11.8. The number of nitrogens with two attached hydrogens (primary N) is 1. The third kappa shape index (κ3) is 3.44. The number of carbonyl (C=O) groups excluding carboxylic acids is 1. The van der Waals surface area contributed by atoms with Crippen molar-refractivity contribution in [2.75, 3.05) is 26.3 Å². The van der Waals surface area contributed by atoms with Gasteiger partial charge in [0, 0.05) is 13.1 Å². The molecule has 0 bridgehead atoms. The molecule has 1 aliphatic rings. The van der Waals surface area contributed by atoms with Crippen molar-refractivity contribution >= 4 is 5.91 Å². The number of hydrogen-bond acceptors (Lipinski definition) is 4. The summed E-state index contributed by atoms with van der Waals surface area (Å²) >= 11 is 0. The Morgan fingerprint density at radius 2 is 2.47 bits per heavy atom. The van der Waals surface area contributed by atoms with E-state index in [9.17, 15) is 4.79 Å². The fourth-order valence-corrected chi connectivity index (χ4v) is 1.70. The van der Waals surface area contributed by atoms with Gasteiger partial charge >= 0.3 is 0 Å². The van der Waals surface area contributed by atoms with Crippen LogP contribution in [0.4, 0.5) is 0 Å². The van der Waals surface area contributed by atoms with Crippen LogP contribution in [0.2, 0.25) is 0 Å². The van der Waals surface area contributed by atoms with Gasteiger partial charge in [-0.1, -0.05) is 13.3 Å². The summed E-state index contributed by atoms with van der Waals surface area (Å²) in [7, 11) is 0. The fraction of sp³-hybridized carbons (Fsp3) is 0.900. The normalized spacial score (nSPS) is 23.9. The van der Waals surface area contributed by atoms with E-state index >= 15 is 0 Å². The van der Waals surface area contributed by atoms with E-state index < -0.39 is 6.04 Å². The van der Waals surface area contributed by atoms with Gasteiger partial charge in [0.25, 0.3) is 0 Å². The van der Waals surface area contributed by atoms with Gasteiger partial charge in [0.15, 0.2) is 0 Å². The lowest BCUT2D eigenvalue weighted by molar-refractivity contribution is -0.141. The molecule has 1 heterocycles. The van der Waals surface area contributed by atoms with E-state index in [0.29, 0.717) is 26.1 Å². The Balaban J connectivity index is 2.44. The van der Waals surface area contributed by atoms with Gasteiger partial charge in [0.2, 0.25) is 5.91 Å². The average Bonchev–Trinajstić information content (AvgIpc) is 2.28. The lowest BCUT2D eigenvalue weighted by Crippen LogP contribution is -2.52. The lowest BCUT2D eigenvalue weighted by Gasteiger charge is -2.33. The quantitative estimate of drug-likeness (QED) is 0.653. The highest BCUT2D eigenvalue weighted by Gasteiger charge is 2.26. The minimum atomic E-state index is -0.410. The van der Waals surface area contributed by atoms with E-state index in [0.717, 1.165) is 6.42 Å². The number of rotatable bonds is 4. The molecule has 3 N–H and O–H groups in total. The van der Waals surface area contributed by atoms with Crippen LogP contribution in [0.5, 0.6) is 0 Å². The zero-order chi connectivity index (χ0) is 11.3. The molecule has 1 amide bonds. The molecule has 2 unspecified atom stereocenters. The molecule has 0 spiro atoms. The van der Waals surface area contributed by atoms with E-state index in [-0.39, 0.29) is 18.6 Å². The summed E-state index contributed by atoms with van der Waals surface area (Å²) in [5.74, 6) is -0.0291. The second-order valence-electron chi connectivity index (χ2n) is 3.85. The largest absolute Gasteiger partial charge is 0.394 e. The fourth-order valence-electron chi connectivity index (χ4n) is 1.70. The average molecular weight is 216 g/mol. The smallest absolute Gasteiger partial charge is 0.239 e. The molecule has 1 fully saturated rings. The summed E-state index contributed by atoms with van der Waals surface area (Å²) in [6.45, 7) is 3.46. The van der Waals surface area contributed by atoms with Crippen LogP contribution in [0, 0.1) is 0 Å². The minimum absolute atomic E-state index is 0.0291. The van der Waals surface area contributed by atoms with Gasteiger partial charge in [0.05, 0.1) is 25.4 Å². The molecule has 0 aliphatic carbocycles. The highest BCUT2D eigenvalue weighted by atomic mass is 16.5. The van der Waals surface area contributed by atoms with Crippen molar-refractivity contribution in [2.24, 2.45) is 5.73 Å². The van der Waals surface area contributed by atoms with Crippen LogP contribution in [-0.4, -0.2) is 54.4 Å². The predicted molar refractivity (Wildman–Crippen MR) is 56.3 cm³/mol. The zero-order valence-electron chi connectivity index (χ0n) is 9.19. The molecule has 2 atom stereocenters. The molecular weight excluding hydrogens is 196 g/mol. The third-order valence-electron chi connectivity index (χ3n) is 2.57. The van der Waals surface area contributed by atoms with Gasteiger partial charge in [0.1, 0.15) is 0 Å². The van der Waals surface area contributed by atoms with Gasteiger partial charge in [-0.05, 0) is 6.42 Å². The zero-order valence-corrected chi connectivity index (χ0v) is 9.19. The summed E-state index contributed by atoms with van der Waals surface area (Å²) < 4.78 is 5.26. The summed E-state index contributed by atoms with van der Waals surface area (Å²) in [6, 6.07) is -0.410. The second-order valence-corrected chi connectivity index (χ2v) is 3.85. The first-order valence-electron chi connectivity index (χ1n) is 5.45. The number of nitrogens with zero attached hydrogens (tertiary/aromatic N) is 1. The number of hydrogen-bond donors (Lipinski definition) is 2. The molecule has 5 nitrogen and oxygen atoms in total.